The third-order valence-corrected chi connectivity index (χ3v) is 5.35. The monoisotopic (exact) mass is 692 g/mol. The Morgan fingerprint density at radius 2 is 0.769 bits per heavy atom. The summed E-state index contributed by atoms with van der Waals surface area (Å²) >= 11 is 0. The molecule has 1 unspecified atom stereocenters. The number of carbonyl (C=O) groups excluding carboxylic acids is 1. The van der Waals surface area contributed by atoms with Crippen LogP contribution in [0.5, 0.6) is 0 Å². The molecule has 0 aliphatic rings. The molecule has 0 radical (unpaired) electrons. The van der Waals surface area contributed by atoms with Crippen molar-refractivity contribution in [3.63, 3.8) is 0 Å². The summed E-state index contributed by atoms with van der Waals surface area (Å²) in [6, 6.07) is 40.5. The smallest absolute Gasteiger partial charge is 0.665 e. The maximum absolute atomic E-state index is 11.6. The first-order chi connectivity index (χ1) is 18.6. The normalized spacial score (nSPS) is 9.95. The largest absolute Gasteiger partial charge is 4.00 e. The molecular weight excluding hydrogens is 667 g/mol. The van der Waals surface area contributed by atoms with E-state index < -0.39 is 11.5 Å². The number of benzene rings is 4. The van der Waals surface area contributed by atoms with Gasteiger partial charge < -0.3 is 39.2 Å². The average molecular weight is 691 g/mol. The number of rotatable bonds is 7. The van der Waals surface area contributed by atoms with E-state index >= 15 is 0 Å². The van der Waals surface area contributed by atoms with Crippen LogP contribution in [0.25, 0.3) is 0 Å². The second kappa shape index (κ2) is 20.7. The summed E-state index contributed by atoms with van der Waals surface area (Å²) in [6.45, 7) is 3.23. The van der Waals surface area contributed by atoms with Crippen molar-refractivity contribution in [3.8, 4) is 0 Å². The maximum atomic E-state index is 11.6. The Hall–Kier alpha value is -4.37. The van der Waals surface area contributed by atoms with Gasteiger partial charge in [0.05, 0.1) is 5.41 Å². The minimum atomic E-state index is -0.734. The van der Waals surface area contributed by atoms with Crippen molar-refractivity contribution in [1.29, 1.82) is 0 Å². The molecule has 0 amide bonds. The molecule has 39 heavy (non-hydrogen) atoms. The number of hydrogen-bond donors (Lipinski definition) is 3. The van der Waals surface area contributed by atoms with Crippen molar-refractivity contribution >= 4 is 25.9 Å². The molecule has 9 heteroatoms. The molecule has 0 heterocycles. The number of hydrogen-bond acceptors (Lipinski definition) is 5. The molecule has 0 bridgehead atoms. The van der Waals surface area contributed by atoms with Crippen molar-refractivity contribution in [2.24, 2.45) is 0 Å². The Balaban J connectivity index is 0.00000128. The maximum Gasteiger partial charge on any atom is 4.00 e. The van der Waals surface area contributed by atoms with E-state index in [1.54, 1.807) is 6.47 Å². The molecule has 1 atom stereocenters. The molecule has 0 aromatic heterocycles. The zero-order chi connectivity index (χ0) is 28.1. The topological polar surface area (TPSA) is 138 Å². The van der Waals surface area contributed by atoms with E-state index in [4.69, 9.17) is 34.4 Å². The van der Waals surface area contributed by atoms with Gasteiger partial charge in [-0.25, -0.2) is 0 Å². The summed E-state index contributed by atoms with van der Waals surface area (Å²) in [5.41, 5.74) is 3.31. The fourth-order valence-corrected chi connectivity index (χ4v) is 4.14. The van der Waals surface area contributed by atoms with Gasteiger partial charge in [0.15, 0.2) is 0 Å². The van der Waals surface area contributed by atoms with Crippen LogP contribution in [-0.4, -0.2) is 41.2 Å². The van der Waals surface area contributed by atoms with Crippen LogP contribution in [-0.2, 0) is 55.2 Å². The second-order valence-electron chi connectivity index (χ2n) is 7.17. The van der Waals surface area contributed by atoms with Crippen molar-refractivity contribution in [3.05, 3.63) is 144 Å². The van der Waals surface area contributed by atoms with Gasteiger partial charge in [-0.1, -0.05) is 147 Å². The SMILES string of the molecule is O=[C-]O.O=[C-]O.O=[C-]O.O=[C-]OC(c1ccccc1)C(c1ccccc1)(c1ccccc1)c1ccccc1.[Hf+4]. The fourth-order valence-electron chi connectivity index (χ4n) is 4.14. The Morgan fingerprint density at radius 3 is 1.03 bits per heavy atom. The van der Waals surface area contributed by atoms with E-state index in [2.05, 4.69) is 36.4 Å². The van der Waals surface area contributed by atoms with Crippen LogP contribution in [0.2, 0.25) is 0 Å². The van der Waals surface area contributed by atoms with E-state index in [0.29, 0.717) is 19.4 Å². The molecule has 0 fully saturated rings. The number of aliphatic hydroxyl groups excluding tert-OH is 3. The van der Waals surface area contributed by atoms with E-state index in [1.807, 2.05) is 84.9 Å². The van der Waals surface area contributed by atoms with Gasteiger partial charge in [-0.3, -0.25) is 0 Å². The van der Waals surface area contributed by atoms with Gasteiger partial charge in [-0.05, 0) is 22.3 Å². The predicted molar refractivity (Wildman–Crippen MR) is 140 cm³/mol. The fraction of sp³-hybridized carbons (Fsp3) is 0.0667. The molecule has 4 aromatic carbocycles. The summed E-state index contributed by atoms with van der Waals surface area (Å²) in [4.78, 5) is 36.3. The van der Waals surface area contributed by atoms with Crippen LogP contribution in [0.15, 0.2) is 121 Å². The number of ether oxygens (including phenoxy) is 1. The first-order valence-electron chi connectivity index (χ1n) is 10.9. The third kappa shape index (κ3) is 9.79. The molecule has 3 N–H and O–H groups in total. The van der Waals surface area contributed by atoms with Gasteiger partial charge in [0.1, 0.15) is 6.10 Å². The van der Waals surface area contributed by atoms with Gasteiger partial charge in [0.25, 0.3) is 0 Å². The Kier molecular flexibility index (Phi) is 18.3. The van der Waals surface area contributed by atoms with E-state index in [-0.39, 0.29) is 25.8 Å². The molecule has 0 saturated heterocycles. The molecule has 4 rings (SSSR count). The van der Waals surface area contributed by atoms with Crippen LogP contribution in [0.4, 0.5) is 0 Å². The Labute approximate surface area is 245 Å². The van der Waals surface area contributed by atoms with Gasteiger partial charge >= 0.3 is 25.8 Å². The molecule has 196 valence electrons. The van der Waals surface area contributed by atoms with Crippen molar-refractivity contribution in [1.82, 2.24) is 0 Å². The van der Waals surface area contributed by atoms with Gasteiger partial charge in [0, 0.05) is 0 Å². The van der Waals surface area contributed by atoms with Crippen molar-refractivity contribution in [2.75, 3.05) is 0 Å². The summed E-state index contributed by atoms with van der Waals surface area (Å²) in [5.74, 6) is 0. The van der Waals surface area contributed by atoms with Gasteiger partial charge in [0.2, 0.25) is 0 Å². The summed E-state index contributed by atoms with van der Waals surface area (Å²) in [7, 11) is 0. The first kappa shape index (κ1) is 34.6. The Bertz CT molecular complexity index is 1080. The molecule has 0 spiro atoms. The summed E-state index contributed by atoms with van der Waals surface area (Å²) in [5, 5.41) is 20.3. The quantitative estimate of drug-likeness (QED) is 0.145. The van der Waals surface area contributed by atoms with Crippen LogP contribution < -0.4 is 0 Å². The van der Waals surface area contributed by atoms with Crippen LogP contribution >= 0.6 is 0 Å². The van der Waals surface area contributed by atoms with Crippen LogP contribution in [0.3, 0.4) is 0 Å². The van der Waals surface area contributed by atoms with E-state index in [1.165, 1.54) is 0 Å². The first-order valence-corrected chi connectivity index (χ1v) is 10.9. The van der Waals surface area contributed by atoms with Gasteiger partial charge in [-0.15, -0.1) is 0 Å². The molecule has 0 aliphatic carbocycles. The predicted octanol–water partition coefficient (Wildman–Crippen LogP) is 4.68. The molecule has 0 saturated carbocycles. The standard InChI is InChI=1S/C27H21O2.3CHO2.Hf/c28-21-29-26(22-13-5-1-6-14-22)27(23-15-7-2-8-16-23,24-17-9-3-10-18-24)25-19-11-4-12-20-25;3*2-1-3;/h1-20,26H;3*(H,2,3);/q4*-1;+4. The average Bonchev–Trinajstić information content (AvgIpc) is 2.96. The molecule has 8 nitrogen and oxygen atoms in total. The van der Waals surface area contributed by atoms with E-state index in [9.17, 15) is 4.79 Å². The minimum absolute atomic E-state index is 0. The van der Waals surface area contributed by atoms with Crippen molar-refractivity contribution < 1.29 is 65.1 Å². The Morgan fingerprint density at radius 1 is 0.513 bits per heavy atom. The van der Waals surface area contributed by atoms with Gasteiger partial charge in [-0.2, -0.15) is 0 Å². The molecule has 0 aliphatic heterocycles. The summed E-state index contributed by atoms with van der Waals surface area (Å²) in [6.07, 6.45) is -0.589. The zero-order valence-corrected chi connectivity index (χ0v) is 24.1. The molecular formula is C30H24HfO8. The minimum Gasteiger partial charge on any atom is -0.665 e. The molecule has 4 aromatic rings. The second-order valence-corrected chi connectivity index (χ2v) is 7.17. The van der Waals surface area contributed by atoms with E-state index in [0.717, 1.165) is 22.3 Å². The zero-order valence-electron chi connectivity index (χ0n) is 20.5. The summed E-state index contributed by atoms with van der Waals surface area (Å²) < 4.78 is 5.75. The third-order valence-electron chi connectivity index (χ3n) is 5.35. The van der Waals surface area contributed by atoms with Crippen molar-refractivity contribution in [2.45, 2.75) is 11.5 Å². The van der Waals surface area contributed by atoms with Crippen LogP contribution in [0.1, 0.15) is 28.4 Å². The van der Waals surface area contributed by atoms with Crippen LogP contribution in [0, 0.1) is 0 Å².